The molecule has 1 unspecified atom stereocenters. The molecule has 2 rings (SSSR count). The first-order valence-corrected chi connectivity index (χ1v) is 7.33. The molecule has 1 atom stereocenters. The monoisotopic (exact) mass is 313 g/mol. The number of rotatable bonds is 5. The lowest BCUT2D eigenvalue weighted by Crippen LogP contribution is -3.08. The Hall–Kier alpha value is -1.43. The number of amides is 1. The fraction of sp³-hybridized carbons (Fsp3) is 0.214. The van der Waals surface area contributed by atoms with Crippen LogP contribution in [-0.2, 0) is 11.3 Å². The fourth-order valence-corrected chi connectivity index (χ4v) is 3.05. The van der Waals surface area contributed by atoms with Gasteiger partial charge in [0.2, 0.25) is 0 Å². The van der Waals surface area contributed by atoms with Crippen molar-refractivity contribution in [3.05, 3.63) is 51.4 Å². The van der Waals surface area contributed by atoms with E-state index < -0.39 is 0 Å². The van der Waals surface area contributed by atoms with Crippen LogP contribution >= 0.6 is 22.9 Å². The molecule has 0 fully saturated rings. The van der Waals surface area contributed by atoms with Crippen molar-refractivity contribution in [3.63, 3.8) is 0 Å². The number of hydrogen-bond acceptors (Lipinski definition) is 2. The molecule has 0 saturated carbocycles. The summed E-state index contributed by atoms with van der Waals surface area (Å²) in [6.45, 7) is 1.04. The highest BCUT2D eigenvalue weighted by Gasteiger charge is 2.12. The van der Waals surface area contributed by atoms with Crippen molar-refractivity contribution in [2.24, 2.45) is 0 Å². The van der Waals surface area contributed by atoms with Gasteiger partial charge in [-0.05, 0) is 30.3 Å². The Balaban J connectivity index is 1.84. The number of anilines is 1. The molecule has 3 nitrogen and oxygen atoms in total. The molecule has 106 valence electrons. The lowest BCUT2D eigenvalue weighted by molar-refractivity contribution is -0.884. The van der Waals surface area contributed by atoms with E-state index in [-0.39, 0.29) is 11.7 Å². The highest BCUT2D eigenvalue weighted by Crippen LogP contribution is 2.20. The zero-order valence-corrected chi connectivity index (χ0v) is 12.5. The van der Waals surface area contributed by atoms with Gasteiger partial charge in [0.25, 0.3) is 5.91 Å². The molecule has 1 heterocycles. The van der Waals surface area contributed by atoms with Crippen molar-refractivity contribution in [2.45, 2.75) is 6.54 Å². The van der Waals surface area contributed by atoms with Crippen LogP contribution in [0.2, 0.25) is 4.34 Å². The summed E-state index contributed by atoms with van der Waals surface area (Å²) in [6, 6.07) is 9.67. The van der Waals surface area contributed by atoms with Gasteiger partial charge in [-0.3, -0.25) is 4.79 Å². The number of carbonyl (C=O) groups excluding carboxylic acids is 1. The molecule has 1 aromatic heterocycles. The Morgan fingerprint density at radius 1 is 1.40 bits per heavy atom. The Labute approximate surface area is 126 Å². The third-order valence-electron chi connectivity index (χ3n) is 2.68. The zero-order valence-electron chi connectivity index (χ0n) is 11.0. The van der Waals surface area contributed by atoms with Crippen molar-refractivity contribution < 1.29 is 14.1 Å². The normalized spacial score (nSPS) is 12.2. The predicted molar refractivity (Wildman–Crippen MR) is 79.8 cm³/mol. The standard InChI is InChI=1S/C14H14ClFN2OS/c1-18(8-12-5-6-13(15)20-12)9-14(19)17-11-4-2-3-10(16)7-11/h2-7H,8-9H2,1H3,(H,17,19)/p+1. The minimum Gasteiger partial charge on any atom is -0.325 e. The number of thiophene rings is 1. The number of halogens is 2. The molecule has 0 saturated heterocycles. The summed E-state index contributed by atoms with van der Waals surface area (Å²) >= 11 is 7.38. The van der Waals surface area contributed by atoms with Crippen molar-refractivity contribution >= 4 is 34.5 Å². The van der Waals surface area contributed by atoms with Gasteiger partial charge in [0.15, 0.2) is 6.54 Å². The van der Waals surface area contributed by atoms with E-state index in [0.717, 1.165) is 20.7 Å². The van der Waals surface area contributed by atoms with E-state index in [1.807, 2.05) is 19.2 Å². The molecular formula is C14H15ClFN2OS+. The quantitative estimate of drug-likeness (QED) is 0.872. The number of likely N-dealkylation sites (N-methyl/N-ethyl adjacent to an activating group) is 1. The molecule has 0 aliphatic carbocycles. The predicted octanol–water partition coefficient (Wildman–Crippen LogP) is 2.19. The maximum absolute atomic E-state index is 13.0. The van der Waals surface area contributed by atoms with Gasteiger partial charge in [-0.25, -0.2) is 4.39 Å². The molecule has 2 aromatic rings. The Morgan fingerprint density at radius 3 is 2.85 bits per heavy atom. The van der Waals surface area contributed by atoms with Crippen LogP contribution in [0.5, 0.6) is 0 Å². The van der Waals surface area contributed by atoms with Gasteiger partial charge in [0, 0.05) is 5.69 Å². The third-order valence-corrected chi connectivity index (χ3v) is 3.91. The van der Waals surface area contributed by atoms with E-state index >= 15 is 0 Å². The lowest BCUT2D eigenvalue weighted by Gasteiger charge is -2.12. The molecule has 0 spiro atoms. The van der Waals surface area contributed by atoms with Crippen LogP contribution in [-0.4, -0.2) is 19.5 Å². The largest absolute Gasteiger partial charge is 0.325 e. The fourth-order valence-electron chi connectivity index (χ4n) is 1.85. The maximum Gasteiger partial charge on any atom is 0.279 e. The Bertz CT molecular complexity index is 602. The summed E-state index contributed by atoms with van der Waals surface area (Å²) in [5.74, 6) is -0.507. The van der Waals surface area contributed by atoms with Crippen molar-refractivity contribution in [2.75, 3.05) is 18.9 Å². The van der Waals surface area contributed by atoms with Crippen LogP contribution in [0.1, 0.15) is 4.88 Å². The summed E-state index contributed by atoms with van der Waals surface area (Å²) in [5.41, 5.74) is 0.474. The van der Waals surface area contributed by atoms with Crippen LogP contribution in [0.15, 0.2) is 36.4 Å². The number of carbonyl (C=O) groups is 1. The Kier molecular flexibility index (Phi) is 5.11. The summed E-state index contributed by atoms with van der Waals surface area (Å²) in [6.07, 6.45) is 0. The highest BCUT2D eigenvalue weighted by atomic mass is 35.5. The number of hydrogen-bond donors (Lipinski definition) is 2. The minimum absolute atomic E-state index is 0.143. The van der Waals surface area contributed by atoms with E-state index in [1.54, 1.807) is 12.1 Å². The smallest absolute Gasteiger partial charge is 0.279 e. The van der Waals surface area contributed by atoms with Gasteiger partial charge in [-0.1, -0.05) is 17.7 Å². The van der Waals surface area contributed by atoms with E-state index in [9.17, 15) is 9.18 Å². The van der Waals surface area contributed by atoms with Crippen LogP contribution in [0.4, 0.5) is 10.1 Å². The molecule has 1 amide bonds. The first-order chi connectivity index (χ1) is 9.52. The average molecular weight is 314 g/mol. The molecule has 0 bridgehead atoms. The molecule has 20 heavy (non-hydrogen) atoms. The van der Waals surface area contributed by atoms with Gasteiger partial charge < -0.3 is 10.2 Å². The summed E-state index contributed by atoms with van der Waals surface area (Å²) < 4.78 is 13.7. The van der Waals surface area contributed by atoms with Crippen LogP contribution in [0, 0.1) is 5.82 Å². The van der Waals surface area contributed by atoms with Gasteiger partial charge in [-0.2, -0.15) is 0 Å². The zero-order chi connectivity index (χ0) is 14.5. The van der Waals surface area contributed by atoms with E-state index in [4.69, 9.17) is 11.6 Å². The van der Waals surface area contributed by atoms with E-state index in [0.29, 0.717) is 12.2 Å². The Morgan fingerprint density at radius 2 is 2.20 bits per heavy atom. The second-order valence-corrected chi connectivity index (χ2v) is 6.37. The highest BCUT2D eigenvalue weighted by molar-refractivity contribution is 7.16. The SMILES string of the molecule is C[NH+](CC(=O)Nc1cccc(F)c1)Cc1ccc(Cl)s1. The molecular weight excluding hydrogens is 299 g/mol. The van der Waals surface area contributed by atoms with E-state index in [2.05, 4.69) is 5.32 Å². The van der Waals surface area contributed by atoms with Crippen LogP contribution in [0.25, 0.3) is 0 Å². The first-order valence-electron chi connectivity index (χ1n) is 6.14. The topological polar surface area (TPSA) is 33.5 Å². The molecule has 0 aliphatic rings. The third kappa shape index (κ3) is 4.59. The van der Waals surface area contributed by atoms with Gasteiger partial charge in [0.1, 0.15) is 12.4 Å². The second kappa shape index (κ2) is 6.83. The van der Waals surface area contributed by atoms with Crippen molar-refractivity contribution in [3.8, 4) is 0 Å². The first kappa shape index (κ1) is 15.0. The van der Waals surface area contributed by atoms with Crippen molar-refractivity contribution in [1.82, 2.24) is 0 Å². The summed E-state index contributed by atoms with van der Waals surface area (Å²) in [7, 11) is 1.93. The lowest BCUT2D eigenvalue weighted by atomic mass is 10.3. The number of nitrogens with one attached hydrogen (secondary N) is 2. The summed E-state index contributed by atoms with van der Waals surface area (Å²) in [4.78, 5) is 14.0. The average Bonchev–Trinajstić information content (AvgIpc) is 2.74. The minimum atomic E-state index is -0.364. The van der Waals surface area contributed by atoms with Crippen LogP contribution < -0.4 is 10.2 Å². The molecule has 1 aromatic carbocycles. The number of quaternary nitrogens is 1. The van der Waals surface area contributed by atoms with Gasteiger partial charge >= 0.3 is 0 Å². The molecule has 0 radical (unpaired) electrons. The van der Waals surface area contributed by atoms with Crippen LogP contribution in [0.3, 0.4) is 0 Å². The molecule has 6 heteroatoms. The van der Waals surface area contributed by atoms with E-state index in [1.165, 1.54) is 23.5 Å². The summed E-state index contributed by atoms with van der Waals surface area (Å²) in [5, 5.41) is 2.68. The number of benzene rings is 1. The van der Waals surface area contributed by atoms with Gasteiger partial charge in [0.05, 0.1) is 16.3 Å². The van der Waals surface area contributed by atoms with Gasteiger partial charge in [-0.15, -0.1) is 11.3 Å². The van der Waals surface area contributed by atoms with Crippen molar-refractivity contribution in [1.29, 1.82) is 0 Å². The maximum atomic E-state index is 13.0. The second-order valence-electron chi connectivity index (χ2n) is 4.58. The molecule has 2 N–H and O–H groups in total. The molecule has 0 aliphatic heterocycles.